The minimum absolute atomic E-state index is 0. The van der Waals surface area contributed by atoms with Crippen molar-refractivity contribution in [2.45, 2.75) is 26.1 Å². The second-order valence-electron chi connectivity index (χ2n) is 6.69. The number of hydrogen-bond donors (Lipinski definition) is 1. The molecule has 0 spiro atoms. The Kier molecular flexibility index (Phi) is 5.90. The van der Waals surface area contributed by atoms with Crippen LogP contribution in [0.2, 0.25) is 0 Å². The fraction of sp³-hybridized carbons (Fsp3) is 0.471. The molecule has 0 radical (unpaired) electrons. The Labute approximate surface area is 170 Å². The minimum atomic E-state index is -4.56. The quantitative estimate of drug-likeness (QED) is 0.502. The van der Waals surface area contributed by atoms with Crippen molar-refractivity contribution in [3.8, 4) is 0 Å². The van der Waals surface area contributed by atoms with Gasteiger partial charge in [-0.25, -0.2) is 0 Å². The van der Waals surface area contributed by atoms with Gasteiger partial charge in [0, 0.05) is 35.9 Å². The standard InChI is InChI=1S/C17H17F3N2O3.Na/c1-16(15(24)25)11-3-2-9(6-11)13(16)14(23)22-8-10-7-21-5-4-12(10)17(18,19)20;/h2-5,7,9,11,13H,6,8H2,1H3,(H,22,23)(H,24,25);/q;+1/p-1/t9-,11+,13+,16+;/m0./s1. The Morgan fingerprint density at radius 3 is 2.69 bits per heavy atom. The molecule has 1 aromatic rings. The first-order valence-electron chi connectivity index (χ1n) is 7.83. The summed E-state index contributed by atoms with van der Waals surface area (Å²) in [5.41, 5.74) is -2.40. The molecule has 1 N–H and O–H groups in total. The van der Waals surface area contributed by atoms with E-state index in [1.807, 2.05) is 0 Å². The number of carbonyl (C=O) groups excluding carboxylic acids is 2. The molecular weight excluding hydrogens is 360 g/mol. The smallest absolute Gasteiger partial charge is 0.550 e. The van der Waals surface area contributed by atoms with Crippen LogP contribution in [0.15, 0.2) is 30.6 Å². The fourth-order valence-corrected chi connectivity index (χ4v) is 3.98. The predicted molar refractivity (Wildman–Crippen MR) is 78.4 cm³/mol. The van der Waals surface area contributed by atoms with Gasteiger partial charge >= 0.3 is 35.7 Å². The topological polar surface area (TPSA) is 82.1 Å². The van der Waals surface area contributed by atoms with Crippen LogP contribution in [-0.4, -0.2) is 16.9 Å². The number of carboxylic acid groups (broad SMARTS) is 1. The first-order chi connectivity index (χ1) is 11.7. The van der Waals surface area contributed by atoms with Crippen LogP contribution in [0.5, 0.6) is 0 Å². The number of carbonyl (C=O) groups is 2. The molecule has 1 heterocycles. The summed E-state index contributed by atoms with van der Waals surface area (Å²) in [6.07, 6.45) is 1.61. The molecule has 1 aromatic heterocycles. The minimum Gasteiger partial charge on any atom is -0.550 e. The number of pyridine rings is 1. The van der Waals surface area contributed by atoms with Crippen LogP contribution in [0.4, 0.5) is 13.2 Å². The van der Waals surface area contributed by atoms with Crippen molar-refractivity contribution in [3.63, 3.8) is 0 Å². The Hall–Kier alpha value is -1.38. The van der Waals surface area contributed by atoms with Crippen LogP contribution in [0, 0.1) is 23.2 Å². The Morgan fingerprint density at radius 1 is 1.38 bits per heavy atom. The number of amides is 1. The molecule has 4 atom stereocenters. The summed E-state index contributed by atoms with van der Waals surface area (Å²) >= 11 is 0. The summed E-state index contributed by atoms with van der Waals surface area (Å²) < 4.78 is 39.0. The normalized spacial score (nSPS) is 29.3. The van der Waals surface area contributed by atoms with E-state index in [1.54, 1.807) is 12.2 Å². The van der Waals surface area contributed by atoms with Crippen molar-refractivity contribution >= 4 is 11.9 Å². The number of aliphatic carboxylic acids is 1. The molecule has 26 heavy (non-hydrogen) atoms. The number of hydrogen-bond acceptors (Lipinski definition) is 4. The maximum absolute atomic E-state index is 13.0. The molecule has 1 fully saturated rings. The van der Waals surface area contributed by atoms with Gasteiger partial charge in [0.25, 0.3) is 0 Å². The van der Waals surface area contributed by atoms with Gasteiger partial charge < -0.3 is 15.2 Å². The zero-order chi connectivity index (χ0) is 18.4. The zero-order valence-electron chi connectivity index (χ0n) is 14.3. The van der Waals surface area contributed by atoms with E-state index >= 15 is 0 Å². The summed E-state index contributed by atoms with van der Waals surface area (Å²) in [4.78, 5) is 27.8. The van der Waals surface area contributed by atoms with Gasteiger partial charge in [0.05, 0.1) is 11.5 Å². The number of nitrogens with one attached hydrogen (secondary N) is 1. The molecule has 0 unspecified atom stereocenters. The molecule has 1 amide bonds. The second kappa shape index (κ2) is 7.32. The van der Waals surface area contributed by atoms with Crippen molar-refractivity contribution < 1.29 is 57.4 Å². The first-order valence-corrected chi connectivity index (χ1v) is 7.83. The molecule has 2 bridgehead atoms. The predicted octanol–water partition coefficient (Wildman–Crippen LogP) is -1.70. The van der Waals surface area contributed by atoms with E-state index in [0.29, 0.717) is 6.42 Å². The van der Waals surface area contributed by atoms with Crippen LogP contribution >= 0.6 is 0 Å². The van der Waals surface area contributed by atoms with Gasteiger partial charge in [-0.05, 0) is 24.3 Å². The largest absolute Gasteiger partial charge is 1.00 e. The molecule has 3 rings (SSSR count). The average Bonchev–Trinajstić information content (AvgIpc) is 3.12. The molecule has 0 aliphatic heterocycles. The number of halogens is 3. The van der Waals surface area contributed by atoms with E-state index < -0.39 is 34.9 Å². The number of rotatable bonds is 4. The molecule has 2 aliphatic carbocycles. The first kappa shape index (κ1) is 20.9. The van der Waals surface area contributed by atoms with E-state index in [9.17, 15) is 27.9 Å². The fourth-order valence-electron chi connectivity index (χ4n) is 3.98. The Morgan fingerprint density at radius 2 is 2.08 bits per heavy atom. The van der Waals surface area contributed by atoms with Gasteiger partial charge in [-0.3, -0.25) is 9.78 Å². The van der Waals surface area contributed by atoms with Crippen molar-refractivity contribution in [2.24, 2.45) is 23.2 Å². The molecule has 9 heteroatoms. The van der Waals surface area contributed by atoms with Crippen molar-refractivity contribution in [3.05, 3.63) is 41.7 Å². The van der Waals surface area contributed by atoms with Gasteiger partial charge in [-0.15, -0.1) is 0 Å². The van der Waals surface area contributed by atoms with Gasteiger partial charge in [0.15, 0.2) is 0 Å². The molecule has 0 aromatic carbocycles. The van der Waals surface area contributed by atoms with Crippen molar-refractivity contribution in [2.75, 3.05) is 0 Å². The number of nitrogens with zero attached hydrogens (tertiary/aromatic N) is 1. The summed E-state index contributed by atoms with van der Waals surface area (Å²) in [7, 11) is 0. The molecular formula is C17H16F3N2NaO3. The summed E-state index contributed by atoms with van der Waals surface area (Å²) in [6, 6.07) is 0.840. The second-order valence-corrected chi connectivity index (χ2v) is 6.69. The van der Waals surface area contributed by atoms with Crippen LogP contribution in [-0.2, 0) is 22.3 Å². The average molecular weight is 376 g/mol. The van der Waals surface area contributed by atoms with Crippen LogP contribution < -0.4 is 40.0 Å². The summed E-state index contributed by atoms with van der Waals surface area (Å²) in [5.74, 6) is -3.31. The van der Waals surface area contributed by atoms with E-state index in [-0.39, 0.29) is 53.5 Å². The van der Waals surface area contributed by atoms with Gasteiger partial charge in [0.2, 0.25) is 5.91 Å². The van der Waals surface area contributed by atoms with E-state index in [1.165, 1.54) is 6.92 Å². The third-order valence-corrected chi connectivity index (χ3v) is 5.35. The molecule has 134 valence electrons. The van der Waals surface area contributed by atoms with E-state index in [0.717, 1.165) is 18.5 Å². The Bertz CT molecular complexity index is 753. The van der Waals surface area contributed by atoms with E-state index in [2.05, 4.69) is 10.3 Å². The summed E-state index contributed by atoms with van der Waals surface area (Å²) in [5, 5.41) is 14.0. The Balaban J connectivity index is 0.00000243. The molecule has 0 saturated heterocycles. The molecule has 5 nitrogen and oxygen atoms in total. The number of alkyl halides is 3. The third-order valence-electron chi connectivity index (χ3n) is 5.35. The van der Waals surface area contributed by atoms with Crippen LogP contribution in [0.1, 0.15) is 24.5 Å². The van der Waals surface area contributed by atoms with Gasteiger partial charge in [0.1, 0.15) is 0 Å². The van der Waals surface area contributed by atoms with Crippen LogP contribution in [0.3, 0.4) is 0 Å². The van der Waals surface area contributed by atoms with Crippen molar-refractivity contribution in [1.29, 1.82) is 0 Å². The zero-order valence-corrected chi connectivity index (χ0v) is 16.3. The monoisotopic (exact) mass is 376 g/mol. The molecule has 2 aliphatic rings. The van der Waals surface area contributed by atoms with Crippen LogP contribution in [0.25, 0.3) is 0 Å². The molecule has 1 saturated carbocycles. The number of carboxylic acids is 1. The number of fused-ring (bicyclic) bond motifs is 2. The SMILES string of the molecule is C[C@@]1(C(=O)[O-])[C@@H]2C=C[C@@H](C2)[C@@H]1C(=O)NCc1cnccc1C(F)(F)F.[Na+]. The maximum Gasteiger partial charge on any atom is 1.00 e. The van der Waals surface area contributed by atoms with Gasteiger partial charge in [-0.2, -0.15) is 13.2 Å². The number of allylic oxidation sites excluding steroid dienone is 2. The summed E-state index contributed by atoms with van der Waals surface area (Å²) in [6.45, 7) is 1.09. The van der Waals surface area contributed by atoms with Gasteiger partial charge in [-0.1, -0.05) is 19.1 Å². The third kappa shape index (κ3) is 3.42. The van der Waals surface area contributed by atoms with Crippen molar-refractivity contribution in [1.82, 2.24) is 10.3 Å². The van der Waals surface area contributed by atoms with E-state index in [4.69, 9.17) is 0 Å². The maximum atomic E-state index is 13.0. The number of aromatic nitrogens is 1.